The van der Waals surface area contributed by atoms with E-state index in [2.05, 4.69) is 5.10 Å². The Balaban J connectivity index is 1.80. The molecule has 0 aliphatic carbocycles. The highest BCUT2D eigenvalue weighted by Gasteiger charge is 2.28. The first-order valence-electron chi connectivity index (χ1n) is 5.89. The summed E-state index contributed by atoms with van der Waals surface area (Å²) in [5, 5.41) is 4.21. The summed E-state index contributed by atoms with van der Waals surface area (Å²) in [7, 11) is 0. The monoisotopic (exact) mass is 242 g/mol. The van der Waals surface area contributed by atoms with E-state index in [1.807, 2.05) is 30.3 Å². The highest BCUT2D eigenvalue weighted by molar-refractivity contribution is 5.94. The summed E-state index contributed by atoms with van der Waals surface area (Å²) in [6.07, 6.45) is 3.35. The first kappa shape index (κ1) is 11.0. The lowest BCUT2D eigenvalue weighted by Gasteiger charge is -2.36. The second kappa shape index (κ2) is 4.27. The molecule has 2 N–H and O–H groups in total. The zero-order valence-corrected chi connectivity index (χ0v) is 9.86. The Hall–Kier alpha value is -2.14. The molecule has 2 heterocycles. The molecule has 0 unspecified atom stereocenters. The second-order valence-corrected chi connectivity index (χ2v) is 4.48. The maximum Gasteiger partial charge on any atom is 0.257 e. The molecular formula is C13H14N4O. The van der Waals surface area contributed by atoms with Gasteiger partial charge in [-0.15, -0.1) is 0 Å². The number of carbonyl (C=O) groups is 1. The molecule has 92 valence electrons. The highest BCUT2D eigenvalue weighted by atomic mass is 16.2. The molecule has 0 saturated carbocycles. The third kappa shape index (κ3) is 1.89. The molecule has 2 aromatic rings. The molecule has 1 aliphatic rings. The van der Waals surface area contributed by atoms with E-state index in [9.17, 15) is 4.79 Å². The molecule has 1 amide bonds. The molecule has 1 aromatic carbocycles. The van der Waals surface area contributed by atoms with Crippen LogP contribution in [0.15, 0.2) is 42.7 Å². The SMILES string of the molecule is NC1CN(C(=O)c2cnn(-c3ccccc3)c2)C1. The first-order chi connectivity index (χ1) is 8.74. The van der Waals surface area contributed by atoms with Gasteiger partial charge in [-0.05, 0) is 12.1 Å². The van der Waals surface area contributed by atoms with Crippen molar-refractivity contribution in [3.63, 3.8) is 0 Å². The summed E-state index contributed by atoms with van der Waals surface area (Å²) in [6.45, 7) is 1.27. The molecule has 1 aliphatic heterocycles. The summed E-state index contributed by atoms with van der Waals surface area (Å²) in [6, 6.07) is 9.83. The van der Waals surface area contributed by atoms with Crippen LogP contribution in [0.4, 0.5) is 0 Å². The van der Waals surface area contributed by atoms with Crippen LogP contribution in [0.2, 0.25) is 0 Å². The van der Waals surface area contributed by atoms with E-state index in [0.29, 0.717) is 18.7 Å². The smallest absolute Gasteiger partial charge is 0.257 e. The predicted octanol–water partition coefficient (Wildman–Crippen LogP) is 0.655. The van der Waals surface area contributed by atoms with Gasteiger partial charge in [-0.1, -0.05) is 18.2 Å². The van der Waals surface area contributed by atoms with Crippen LogP contribution in [-0.4, -0.2) is 39.7 Å². The van der Waals surface area contributed by atoms with Gasteiger partial charge in [0.15, 0.2) is 0 Å². The Bertz CT molecular complexity index is 557. The third-order valence-electron chi connectivity index (χ3n) is 3.05. The molecule has 3 rings (SSSR count). The van der Waals surface area contributed by atoms with Crippen molar-refractivity contribution in [1.29, 1.82) is 0 Å². The van der Waals surface area contributed by atoms with E-state index in [0.717, 1.165) is 5.69 Å². The Morgan fingerprint density at radius 2 is 2.00 bits per heavy atom. The van der Waals surface area contributed by atoms with Crippen molar-refractivity contribution < 1.29 is 4.79 Å². The summed E-state index contributed by atoms with van der Waals surface area (Å²) in [5.41, 5.74) is 7.21. The quantitative estimate of drug-likeness (QED) is 0.841. The zero-order chi connectivity index (χ0) is 12.5. The van der Waals surface area contributed by atoms with E-state index >= 15 is 0 Å². The Morgan fingerprint density at radius 3 is 2.67 bits per heavy atom. The number of rotatable bonds is 2. The number of aromatic nitrogens is 2. The van der Waals surface area contributed by atoms with Gasteiger partial charge in [0.05, 0.1) is 17.4 Å². The Morgan fingerprint density at radius 1 is 1.28 bits per heavy atom. The topological polar surface area (TPSA) is 64.2 Å². The summed E-state index contributed by atoms with van der Waals surface area (Å²) >= 11 is 0. The predicted molar refractivity (Wildman–Crippen MR) is 67.4 cm³/mol. The highest BCUT2D eigenvalue weighted by Crippen LogP contribution is 2.13. The van der Waals surface area contributed by atoms with E-state index in [1.54, 1.807) is 22.0 Å². The van der Waals surface area contributed by atoms with Gasteiger partial charge in [0.1, 0.15) is 0 Å². The summed E-state index contributed by atoms with van der Waals surface area (Å²) in [4.78, 5) is 13.8. The van der Waals surface area contributed by atoms with Gasteiger partial charge in [-0.25, -0.2) is 4.68 Å². The van der Waals surface area contributed by atoms with Crippen LogP contribution in [0.5, 0.6) is 0 Å². The first-order valence-corrected chi connectivity index (χ1v) is 5.89. The number of para-hydroxylation sites is 1. The molecule has 1 fully saturated rings. The summed E-state index contributed by atoms with van der Waals surface area (Å²) < 4.78 is 1.70. The van der Waals surface area contributed by atoms with Crippen molar-refractivity contribution in [3.8, 4) is 5.69 Å². The number of nitrogens with two attached hydrogens (primary N) is 1. The van der Waals surface area contributed by atoms with Crippen LogP contribution in [-0.2, 0) is 0 Å². The van der Waals surface area contributed by atoms with Crippen LogP contribution in [0.1, 0.15) is 10.4 Å². The fourth-order valence-corrected chi connectivity index (χ4v) is 2.02. The number of hydrogen-bond acceptors (Lipinski definition) is 3. The molecule has 5 heteroatoms. The molecule has 0 spiro atoms. The van der Waals surface area contributed by atoms with Gasteiger partial charge in [0, 0.05) is 25.3 Å². The van der Waals surface area contributed by atoms with Crippen LogP contribution in [0.3, 0.4) is 0 Å². The lowest BCUT2D eigenvalue weighted by Crippen LogP contribution is -2.57. The average molecular weight is 242 g/mol. The lowest BCUT2D eigenvalue weighted by atomic mass is 10.1. The number of nitrogens with zero attached hydrogens (tertiary/aromatic N) is 3. The molecule has 0 radical (unpaired) electrons. The minimum absolute atomic E-state index is 0.00104. The largest absolute Gasteiger partial charge is 0.335 e. The maximum absolute atomic E-state index is 12.0. The van der Waals surface area contributed by atoms with E-state index in [-0.39, 0.29) is 11.9 Å². The number of likely N-dealkylation sites (tertiary alicyclic amines) is 1. The fourth-order valence-electron chi connectivity index (χ4n) is 2.02. The van der Waals surface area contributed by atoms with Crippen molar-refractivity contribution in [2.75, 3.05) is 13.1 Å². The van der Waals surface area contributed by atoms with E-state index in [4.69, 9.17) is 5.73 Å². The number of benzene rings is 1. The second-order valence-electron chi connectivity index (χ2n) is 4.48. The van der Waals surface area contributed by atoms with Gasteiger partial charge in [0.25, 0.3) is 5.91 Å². The standard InChI is InChI=1S/C13H14N4O/c14-11-8-16(9-11)13(18)10-6-15-17(7-10)12-4-2-1-3-5-12/h1-7,11H,8-9,14H2. The van der Waals surface area contributed by atoms with E-state index < -0.39 is 0 Å². The van der Waals surface area contributed by atoms with Crippen LogP contribution in [0.25, 0.3) is 5.69 Å². The van der Waals surface area contributed by atoms with Crippen molar-refractivity contribution in [2.24, 2.45) is 5.73 Å². The normalized spacial score (nSPS) is 15.5. The molecule has 1 aromatic heterocycles. The fraction of sp³-hybridized carbons (Fsp3) is 0.231. The van der Waals surface area contributed by atoms with Crippen LogP contribution < -0.4 is 5.73 Å². The molecular weight excluding hydrogens is 228 g/mol. The molecule has 0 bridgehead atoms. The number of amides is 1. The number of hydrogen-bond donors (Lipinski definition) is 1. The van der Waals surface area contributed by atoms with Gasteiger partial charge >= 0.3 is 0 Å². The Kier molecular flexibility index (Phi) is 2.60. The number of carbonyl (C=O) groups excluding carboxylic acids is 1. The molecule has 1 saturated heterocycles. The average Bonchev–Trinajstić information content (AvgIpc) is 2.85. The molecule has 0 atom stereocenters. The Labute approximate surface area is 105 Å². The van der Waals surface area contributed by atoms with Crippen molar-refractivity contribution in [2.45, 2.75) is 6.04 Å². The van der Waals surface area contributed by atoms with Crippen molar-refractivity contribution >= 4 is 5.91 Å². The summed E-state index contributed by atoms with van der Waals surface area (Å²) in [5.74, 6) is -0.00104. The van der Waals surface area contributed by atoms with Crippen molar-refractivity contribution in [3.05, 3.63) is 48.3 Å². The lowest BCUT2D eigenvalue weighted by molar-refractivity contribution is 0.0608. The zero-order valence-electron chi connectivity index (χ0n) is 9.86. The van der Waals surface area contributed by atoms with E-state index in [1.165, 1.54) is 0 Å². The minimum atomic E-state index is -0.00104. The molecule has 18 heavy (non-hydrogen) atoms. The maximum atomic E-state index is 12.0. The van der Waals surface area contributed by atoms with Gasteiger partial charge < -0.3 is 10.6 Å². The van der Waals surface area contributed by atoms with Gasteiger partial charge in [-0.3, -0.25) is 4.79 Å². The van der Waals surface area contributed by atoms with Gasteiger partial charge in [0.2, 0.25) is 0 Å². The molecule has 5 nitrogen and oxygen atoms in total. The van der Waals surface area contributed by atoms with Crippen LogP contribution >= 0.6 is 0 Å². The third-order valence-corrected chi connectivity index (χ3v) is 3.05. The minimum Gasteiger partial charge on any atom is -0.335 e. The van der Waals surface area contributed by atoms with Gasteiger partial charge in [-0.2, -0.15) is 5.10 Å². The van der Waals surface area contributed by atoms with Crippen molar-refractivity contribution in [1.82, 2.24) is 14.7 Å². The van der Waals surface area contributed by atoms with Crippen LogP contribution in [0, 0.1) is 0 Å².